The fourth-order valence-electron chi connectivity index (χ4n) is 1.38. The van der Waals surface area contributed by atoms with Crippen molar-refractivity contribution in [3.05, 3.63) is 56.2 Å². The van der Waals surface area contributed by atoms with Gasteiger partial charge in [0.1, 0.15) is 0 Å². The smallest absolute Gasteiger partial charge is 0.342 e. The van der Waals surface area contributed by atoms with Crippen LogP contribution in [-0.2, 0) is 5.75 Å². The molecule has 0 fully saturated rings. The highest BCUT2D eigenvalue weighted by Crippen LogP contribution is 2.17. The van der Waals surface area contributed by atoms with Crippen molar-refractivity contribution in [1.82, 2.24) is 15.2 Å². The number of aromatic carboxylic acids is 1. The number of aromatic amines is 2. The van der Waals surface area contributed by atoms with Gasteiger partial charge in [-0.1, -0.05) is 23.9 Å². The fourth-order valence-corrected chi connectivity index (χ4v) is 2.16. The van der Waals surface area contributed by atoms with E-state index in [0.717, 1.165) is 17.3 Å². The fraction of sp³-hybridized carbons (Fsp3) is 0.0909. The third kappa shape index (κ3) is 3.32. The van der Waals surface area contributed by atoms with Gasteiger partial charge >= 0.3 is 11.7 Å². The van der Waals surface area contributed by atoms with Crippen LogP contribution in [0.15, 0.2) is 38.9 Å². The molecule has 0 aliphatic rings. The number of carboxylic acid groups (broad SMARTS) is 1. The second kappa shape index (κ2) is 5.53. The average molecular weight is 279 g/mol. The zero-order valence-electron chi connectivity index (χ0n) is 9.54. The molecule has 0 atom stereocenters. The van der Waals surface area contributed by atoms with Crippen molar-refractivity contribution in [2.24, 2.45) is 0 Å². The summed E-state index contributed by atoms with van der Waals surface area (Å²) in [6.45, 7) is 0. The summed E-state index contributed by atoms with van der Waals surface area (Å²) in [7, 11) is 0. The average Bonchev–Trinajstić information content (AvgIpc) is 2.38. The highest BCUT2D eigenvalue weighted by Gasteiger charge is 2.06. The molecule has 8 heteroatoms. The number of hydrogen-bond donors (Lipinski definition) is 3. The van der Waals surface area contributed by atoms with Gasteiger partial charge in [0.15, 0.2) is 5.03 Å². The van der Waals surface area contributed by atoms with Crippen LogP contribution in [0.2, 0.25) is 0 Å². The minimum atomic E-state index is -1.01. The number of rotatable bonds is 4. The predicted octanol–water partition coefficient (Wildman–Crippen LogP) is 0.449. The van der Waals surface area contributed by atoms with Crippen LogP contribution < -0.4 is 11.2 Å². The molecule has 98 valence electrons. The first-order valence-electron chi connectivity index (χ1n) is 5.20. The van der Waals surface area contributed by atoms with E-state index in [2.05, 4.69) is 15.2 Å². The Morgan fingerprint density at radius 1 is 1.37 bits per heavy atom. The molecule has 2 aromatic rings. The van der Waals surface area contributed by atoms with Crippen LogP contribution in [0.1, 0.15) is 15.9 Å². The Balaban J connectivity index is 2.14. The summed E-state index contributed by atoms with van der Waals surface area (Å²) in [4.78, 5) is 35.0. The Labute approximate surface area is 110 Å². The first-order chi connectivity index (χ1) is 9.06. The number of carboxylic acids is 1. The number of thioether (sulfide) groups is 1. The number of hydrogen-bond acceptors (Lipinski definition) is 5. The number of H-pyrrole nitrogens is 2. The summed E-state index contributed by atoms with van der Waals surface area (Å²) in [6.07, 6.45) is 0. The lowest BCUT2D eigenvalue weighted by Crippen LogP contribution is -2.24. The molecule has 0 unspecified atom stereocenters. The van der Waals surface area contributed by atoms with Crippen molar-refractivity contribution in [3.63, 3.8) is 0 Å². The van der Waals surface area contributed by atoms with Gasteiger partial charge in [0.2, 0.25) is 0 Å². The van der Waals surface area contributed by atoms with Crippen LogP contribution in [0.3, 0.4) is 0 Å². The predicted molar refractivity (Wildman–Crippen MR) is 68.4 cm³/mol. The van der Waals surface area contributed by atoms with Gasteiger partial charge in [0, 0.05) is 5.75 Å². The maximum absolute atomic E-state index is 11.4. The number of nitrogens with one attached hydrogen (secondary N) is 2. The lowest BCUT2D eigenvalue weighted by Gasteiger charge is -2.01. The Hall–Kier alpha value is -2.35. The highest BCUT2D eigenvalue weighted by molar-refractivity contribution is 7.98. The number of nitrogens with zero attached hydrogens (tertiary/aromatic N) is 1. The first kappa shape index (κ1) is 13.1. The standard InChI is InChI=1S/C11H9N3O4S/c15-8-9(13-14-11(18)12-8)19-5-6-2-1-3-7(4-6)10(16)17/h1-4H,5H2,(H,16,17)(H2,12,14,15,18). The Bertz CT molecular complexity index is 722. The second-order valence-electron chi connectivity index (χ2n) is 3.61. The minimum absolute atomic E-state index is 0.125. The molecule has 0 saturated carbocycles. The van der Waals surface area contributed by atoms with E-state index in [1.165, 1.54) is 12.1 Å². The molecule has 0 spiro atoms. The molecule has 1 heterocycles. The Kier molecular flexibility index (Phi) is 3.81. The van der Waals surface area contributed by atoms with Crippen molar-refractivity contribution in [1.29, 1.82) is 0 Å². The van der Waals surface area contributed by atoms with E-state index in [1.807, 2.05) is 0 Å². The molecule has 19 heavy (non-hydrogen) atoms. The Morgan fingerprint density at radius 3 is 2.84 bits per heavy atom. The van der Waals surface area contributed by atoms with E-state index < -0.39 is 17.2 Å². The highest BCUT2D eigenvalue weighted by atomic mass is 32.2. The van der Waals surface area contributed by atoms with Gasteiger partial charge in [-0.05, 0) is 17.7 Å². The molecule has 1 aromatic heterocycles. The van der Waals surface area contributed by atoms with Crippen molar-refractivity contribution >= 4 is 17.7 Å². The van der Waals surface area contributed by atoms with Crippen molar-refractivity contribution < 1.29 is 9.90 Å². The molecule has 0 amide bonds. The summed E-state index contributed by atoms with van der Waals surface area (Å²) < 4.78 is 0. The van der Waals surface area contributed by atoms with Gasteiger partial charge in [-0.15, -0.1) is 0 Å². The second-order valence-corrected chi connectivity index (χ2v) is 4.57. The summed E-state index contributed by atoms with van der Waals surface area (Å²) in [5.74, 6) is -0.629. The van der Waals surface area contributed by atoms with Crippen LogP contribution >= 0.6 is 11.8 Å². The molecule has 0 aliphatic carbocycles. The molecule has 0 aliphatic heterocycles. The van der Waals surface area contributed by atoms with Gasteiger partial charge in [-0.25, -0.2) is 14.7 Å². The largest absolute Gasteiger partial charge is 0.478 e. The van der Waals surface area contributed by atoms with E-state index in [1.54, 1.807) is 12.1 Å². The van der Waals surface area contributed by atoms with Gasteiger partial charge < -0.3 is 5.11 Å². The number of aromatic nitrogens is 3. The molecule has 1 aromatic carbocycles. The monoisotopic (exact) mass is 279 g/mol. The first-order valence-corrected chi connectivity index (χ1v) is 6.19. The number of benzene rings is 1. The summed E-state index contributed by atoms with van der Waals surface area (Å²) in [5.41, 5.74) is -0.302. The van der Waals surface area contributed by atoms with Gasteiger partial charge in [0.25, 0.3) is 5.56 Å². The molecule has 0 bridgehead atoms. The van der Waals surface area contributed by atoms with Gasteiger partial charge in [-0.3, -0.25) is 9.78 Å². The van der Waals surface area contributed by atoms with E-state index in [4.69, 9.17) is 5.11 Å². The molecular formula is C11H9N3O4S. The summed E-state index contributed by atoms with van der Waals surface area (Å²) in [5, 5.41) is 14.7. The molecule has 0 saturated heterocycles. The van der Waals surface area contributed by atoms with Crippen LogP contribution in [-0.4, -0.2) is 26.3 Å². The van der Waals surface area contributed by atoms with Crippen molar-refractivity contribution in [2.45, 2.75) is 10.8 Å². The maximum Gasteiger partial charge on any atom is 0.342 e. The molecular weight excluding hydrogens is 270 g/mol. The zero-order valence-corrected chi connectivity index (χ0v) is 10.4. The third-order valence-electron chi connectivity index (χ3n) is 2.23. The quantitative estimate of drug-likeness (QED) is 0.700. The molecule has 0 radical (unpaired) electrons. The lowest BCUT2D eigenvalue weighted by molar-refractivity contribution is 0.0697. The summed E-state index contributed by atoms with van der Waals surface area (Å²) in [6, 6.07) is 6.39. The third-order valence-corrected chi connectivity index (χ3v) is 3.26. The van der Waals surface area contributed by atoms with Crippen LogP contribution in [0.25, 0.3) is 0 Å². The Morgan fingerprint density at radius 2 is 2.16 bits per heavy atom. The van der Waals surface area contributed by atoms with Crippen LogP contribution in [0.4, 0.5) is 0 Å². The van der Waals surface area contributed by atoms with E-state index >= 15 is 0 Å². The van der Waals surface area contributed by atoms with Gasteiger partial charge in [0.05, 0.1) is 5.56 Å². The van der Waals surface area contributed by atoms with E-state index in [0.29, 0.717) is 5.75 Å². The zero-order chi connectivity index (χ0) is 13.8. The minimum Gasteiger partial charge on any atom is -0.478 e. The molecule has 7 nitrogen and oxygen atoms in total. The van der Waals surface area contributed by atoms with E-state index in [9.17, 15) is 14.4 Å². The topological polar surface area (TPSA) is 116 Å². The number of carbonyl (C=O) groups is 1. The van der Waals surface area contributed by atoms with Crippen molar-refractivity contribution in [3.8, 4) is 0 Å². The van der Waals surface area contributed by atoms with E-state index in [-0.39, 0.29) is 10.6 Å². The normalized spacial score (nSPS) is 10.3. The van der Waals surface area contributed by atoms with Gasteiger partial charge in [-0.2, -0.15) is 5.10 Å². The summed E-state index contributed by atoms with van der Waals surface area (Å²) >= 11 is 1.11. The van der Waals surface area contributed by atoms with Crippen LogP contribution in [0, 0.1) is 0 Å². The SMILES string of the molecule is O=C(O)c1cccc(CSc2n[nH]c(=O)[nH]c2=O)c1. The van der Waals surface area contributed by atoms with Crippen LogP contribution in [0.5, 0.6) is 0 Å². The van der Waals surface area contributed by atoms with Crippen molar-refractivity contribution in [2.75, 3.05) is 0 Å². The lowest BCUT2D eigenvalue weighted by atomic mass is 10.1. The molecule has 2 rings (SSSR count). The maximum atomic E-state index is 11.4. The molecule has 3 N–H and O–H groups in total.